The molecular weight excluding hydrogens is 317 g/mol. The second-order valence-electron chi connectivity index (χ2n) is 4.35. The van der Waals surface area contributed by atoms with Crippen molar-refractivity contribution in [2.45, 2.75) is 19.8 Å². The number of halogens is 2. The molecule has 0 aliphatic heterocycles. The van der Waals surface area contributed by atoms with Gasteiger partial charge in [0.2, 0.25) is 0 Å². The predicted molar refractivity (Wildman–Crippen MR) is 70.6 cm³/mol. The minimum Gasteiger partial charge on any atom is -0.477 e. The largest absolute Gasteiger partial charge is 0.477 e. The van der Waals surface area contributed by atoms with Gasteiger partial charge in [0.15, 0.2) is 5.76 Å². The van der Waals surface area contributed by atoms with Crippen molar-refractivity contribution in [2.24, 2.45) is 0 Å². The SMILES string of the molecule is CC(C)c1onc(-c2cc(F)ccc2Br)c1C(=O)O. The molecule has 0 amide bonds. The Balaban J connectivity index is 2.69. The van der Waals surface area contributed by atoms with E-state index in [4.69, 9.17) is 4.52 Å². The Morgan fingerprint density at radius 1 is 1.47 bits per heavy atom. The molecule has 1 aromatic carbocycles. The van der Waals surface area contributed by atoms with Gasteiger partial charge in [-0.1, -0.05) is 34.9 Å². The van der Waals surface area contributed by atoms with Crippen molar-refractivity contribution in [3.05, 3.63) is 39.8 Å². The van der Waals surface area contributed by atoms with Gasteiger partial charge in [-0.3, -0.25) is 0 Å². The third-order valence-corrected chi connectivity index (χ3v) is 3.33. The first-order chi connectivity index (χ1) is 8.91. The summed E-state index contributed by atoms with van der Waals surface area (Å²) < 4.78 is 19.0. The van der Waals surface area contributed by atoms with E-state index < -0.39 is 11.8 Å². The van der Waals surface area contributed by atoms with Crippen molar-refractivity contribution in [2.75, 3.05) is 0 Å². The van der Waals surface area contributed by atoms with Gasteiger partial charge in [0.25, 0.3) is 0 Å². The van der Waals surface area contributed by atoms with Crippen LogP contribution in [0.1, 0.15) is 35.9 Å². The molecule has 6 heteroatoms. The number of carbonyl (C=O) groups is 1. The Kier molecular flexibility index (Phi) is 3.71. The number of hydrogen-bond acceptors (Lipinski definition) is 3. The third-order valence-electron chi connectivity index (χ3n) is 2.64. The molecule has 0 fully saturated rings. The van der Waals surface area contributed by atoms with Crippen molar-refractivity contribution in [1.82, 2.24) is 5.16 Å². The van der Waals surface area contributed by atoms with Crippen LogP contribution in [0.15, 0.2) is 27.2 Å². The summed E-state index contributed by atoms with van der Waals surface area (Å²) in [5.74, 6) is -1.46. The molecule has 0 saturated heterocycles. The summed E-state index contributed by atoms with van der Waals surface area (Å²) >= 11 is 3.26. The van der Waals surface area contributed by atoms with Crippen LogP contribution < -0.4 is 0 Å². The monoisotopic (exact) mass is 327 g/mol. The number of aromatic nitrogens is 1. The molecule has 1 heterocycles. The van der Waals surface area contributed by atoms with Crippen LogP contribution in [0.25, 0.3) is 11.3 Å². The van der Waals surface area contributed by atoms with Crippen LogP contribution in [-0.4, -0.2) is 16.2 Å². The number of aromatic carboxylic acids is 1. The molecule has 0 aliphatic carbocycles. The average molecular weight is 328 g/mol. The van der Waals surface area contributed by atoms with Crippen LogP contribution in [0.4, 0.5) is 4.39 Å². The number of hydrogen-bond donors (Lipinski definition) is 1. The van der Waals surface area contributed by atoms with Gasteiger partial charge in [0.05, 0.1) is 0 Å². The van der Waals surface area contributed by atoms with Gasteiger partial charge in [-0.05, 0) is 18.2 Å². The zero-order chi connectivity index (χ0) is 14.2. The first kappa shape index (κ1) is 13.7. The van der Waals surface area contributed by atoms with Gasteiger partial charge in [0.1, 0.15) is 17.1 Å². The molecule has 2 rings (SSSR count). The molecule has 0 unspecified atom stereocenters. The van der Waals surface area contributed by atoms with Gasteiger partial charge in [-0.2, -0.15) is 0 Å². The number of nitrogens with zero attached hydrogens (tertiary/aromatic N) is 1. The van der Waals surface area contributed by atoms with Crippen LogP contribution in [-0.2, 0) is 0 Å². The molecule has 4 nitrogen and oxygen atoms in total. The number of carboxylic acid groups (broad SMARTS) is 1. The minimum atomic E-state index is -1.14. The average Bonchev–Trinajstić information content (AvgIpc) is 2.76. The van der Waals surface area contributed by atoms with E-state index in [2.05, 4.69) is 21.1 Å². The maximum atomic E-state index is 13.3. The van der Waals surface area contributed by atoms with Gasteiger partial charge in [-0.25, -0.2) is 9.18 Å². The van der Waals surface area contributed by atoms with Crippen LogP contribution in [0.3, 0.4) is 0 Å². The predicted octanol–water partition coefficient (Wildman–Crippen LogP) is 4.06. The lowest BCUT2D eigenvalue weighted by atomic mass is 10.0. The van der Waals surface area contributed by atoms with Crippen molar-refractivity contribution in [1.29, 1.82) is 0 Å². The maximum Gasteiger partial charge on any atom is 0.341 e. The highest BCUT2D eigenvalue weighted by Gasteiger charge is 2.26. The normalized spacial score (nSPS) is 11.0. The Morgan fingerprint density at radius 3 is 2.74 bits per heavy atom. The summed E-state index contributed by atoms with van der Waals surface area (Å²) in [5, 5.41) is 13.1. The highest BCUT2D eigenvalue weighted by Crippen LogP contribution is 2.34. The molecule has 19 heavy (non-hydrogen) atoms. The minimum absolute atomic E-state index is 0.0266. The molecule has 0 bridgehead atoms. The van der Waals surface area contributed by atoms with E-state index in [-0.39, 0.29) is 22.9 Å². The molecule has 1 aromatic heterocycles. The molecule has 0 radical (unpaired) electrons. The Labute approximate surface area is 117 Å². The molecule has 0 aliphatic rings. The van der Waals surface area contributed by atoms with Crippen LogP contribution in [0, 0.1) is 5.82 Å². The Morgan fingerprint density at radius 2 is 2.16 bits per heavy atom. The second-order valence-corrected chi connectivity index (χ2v) is 5.21. The summed E-state index contributed by atoms with van der Waals surface area (Å²) in [6.45, 7) is 3.61. The van der Waals surface area contributed by atoms with Crippen molar-refractivity contribution in [3.63, 3.8) is 0 Å². The lowest BCUT2D eigenvalue weighted by Crippen LogP contribution is -2.03. The Bertz CT molecular complexity index is 637. The van der Waals surface area contributed by atoms with Gasteiger partial charge >= 0.3 is 5.97 Å². The van der Waals surface area contributed by atoms with E-state index in [0.29, 0.717) is 10.0 Å². The van der Waals surface area contributed by atoms with Crippen LogP contribution >= 0.6 is 15.9 Å². The molecule has 1 N–H and O–H groups in total. The third kappa shape index (κ3) is 2.53. The van der Waals surface area contributed by atoms with E-state index in [0.717, 1.165) is 0 Å². The van der Waals surface area contributed by atoms with Gasteiger partial charge < -0.3 is 9.63 Å². The second kappa shape index (κ2) is 5.13. The van der Waals surface area contributed by atoms with Gasteiger partial charge in [-0.15, -0.1) is 0 Å². The molecule has 2 aromatic rings. The van der Waals surface area contributed by atoms with E-state index >= 15 is 0 Å². The highest BCUT2D eigenvalue weighted by molar-refractivity contribution is 9.10. The molecule has 0 atom stereocenters. The molecule has 0 spiro atoms. The zero-order valence-corrected chi connectivity index (χ0v) is 11.9. The molecule has 100 valence electrons. The van der Waals surface area contributed by atoms with E-state index in [1.54, 1.807) is 13.8 Å². The standard InChI is InChI=1S/C13H11BrFNO3/c1-6(2)12-10(13(17)18)11(16-19-12)8-5-7(15)3-4-9(8)14/h3-6H,1-2H3,(H,17,18). The van der Waals surface area contributed by atoms with Crippen LogP contribution in [0.5, 0.6) is 0 Å². The van der Waals surface area contributed by atoms with Crippen molar-refractivity contribution >= 4 is 21.9 Å². The lowest BCUT2D eigenvalue weighted by Gasteiger charge is -2.04. The first-order valence-electron chi connectivity index (χ1n) is 5.60. The maximum absolute atomic E-state index is 13.3. The highest BCUT2D eigenvalue weighted by atomic mass is 79.9. The topological polar surface area (TPSA) is 63.3 Å². The fraction of sp³-hybridized carbons (Fsp3) is 0.231. The fourth-order valence-electron chi connectivity index (χ4n) is 1.77. The Hall–Kier alpha value is -1.69. The summed E-state index contributed by atoms with van der Waals surface area (Å²) in [6, 6.07) is 4.00. The van der Waals surface area contributed by atoms with Crippen molar-refractivity contribution < 1.29 is 18.8 Å². The van der Waals surface area contributed by atoms with E-state index in [9.17, 15) is 14.3 Å². The first-order valence-corrected chi connectivity index (χ1v) is 6.39. The quantitative estimate of drug-likeness (QED) is 0.923. The summed E-state index contributed by atoms with van der Waals surface area (Å²) in [4.78, 5) is 11.4. The smallest absolute Gasteiger partial charge is 0.341 e. The molecular formula is C13H11BrFNO3. The number of benzene rings is 1. The van der Waals surface area contributed by atoms with Gasteiger partial charge in [0, 0.05) is 16.0 Å². The summed E-state index contributed by atoms with van der Waals surface area (Å²) in [5.41, 5.74) is 0.455. The number of carboxylic acids is 1. The lowest BCUT2D eigenvalue weighted by molar-refractivity contribution is 0.0694. The summed E-state index contributed by atoms with van der Waals surface area (Å²) in [6.07, 6.45) is 0. The fourth-order valence-corrected chi connectivity index (χ4v) is 2.20. The molecule has 0 saturated carbocycles. The van der Waals surface area contributed by atoms with Crippen molar-refractivity contribution in [3.8, 4) is 11.3 Å². The van der Waals surface area contributed by atoms with E-state index in [1.807, 2.05) is 0 Å². The number of rotatable bonds is 3. The van der Waals surface area contributed by atoms with E-state index in [1.165, 1.54) is 18.2 Å². The van der Waals surface area contributed by atoms with Crippen LogP contribution in [0.2, 0.25) is 0 Å². The summed E-state index contributed by atoms with van der Waals surface area (Å²) in [7, 11) is 0. The zero-order valence-electron chi connectivity index (χ0n) is 10.3.